The van der Waals surface area contributed by atoms with E-state index in [1.54, 1.807) is 5.56 Å². The number of fused-ring (bicyclic) bond motifs is 1. The second-order valence-corrected chi connectivity index (χ2v) is 6.82. The van der Waals surface area contributed by atoms with Crippen LogP contribution >= 0.6 is 0 Å². The maximum Gasteiger partial charge on any atom is 0.0728 e. The van der Waals surface area contributed by atoms with E-state index < -0.39 is 0 Å². The highest BCUT2D eigenvalue weighted by atomic mass is 16.5. The quantitative estimate of drug-likeness (QED) is 0.902. The first kappa shape index (κ1) is 15.1. The average Bonchev–Trinajstić information content (AvgIpc) is 2.53. The molecule has 0 spiro atoms. The third-order valence-corrected chi connectivity index (χ3v) is 5.28. The molecule has 1 aromatic carbocycles. The molecule has 1 aliphatic carbocycles. The van der Waals surface area contributed by atoms with Crippen molar-refractivity contribution >= 4 is 0 Å². The first-order chi connectivity index (χ1) is 10.3. The van der Waals surface area contributed by atoms with Gasteiger partial charge in [0.15, 0.2) is 0 Å². The standard InChI is InChI=1S/C19H29NO/c1-3-18-19(12-11-14(2)20-18)21-13-16-9-6-8-15-7-4-5-10-17(15)16/h4-5,7,10,14,16,18-20H,3,6,8-9,11-13H2,1-2H3. The lowest BCUT2D eigenvalue weighted by Gasteiger charge is -2.37. The van der Waals surface area contributed by atoms with E-state index in [9.17, 15) is 0 Å². The van der Waals surface area contributed by atoms with Crippen LogP contribution in [-0.2, 0) is 11.2 Å². The zero-order valence-electron chi connectivity index (χ0n) is 13.5. The summed E-state index contributed by atoms with van der Waals surface area (Å²) in [5.41, 5.74) is 3.08. The smallest absolute Gasteiger partial charge is 0.0728 e. The first-order valence-electron chi connectivity index (χ1n) is 8.73. The maximum atomic E-state index is 6.37. The van der Waals surface area contributed by atoms with Crippen molar-refractivity contribution in [2.45, 2.75) is 76.5 Å². The minimum atomic E-state index is 0.403. The van der Waals surface area contributed by atoms with Crippen molar-refractivity contribution < 1.29 is 4.74 Å². The molecule has 1 N–H and O–H groups in total. The molecule has 1 aliphatic heterocycles. The fourth-order valence-electron chi connectivity index (χ4n) is 4.02. The van der Waals surface area contributed by atoms with E-state index in [0.717, 1.165) is 13.0 Å². The Hall–Kier alpha value is -0.860. The van der Waals surface area contributed by atoms with Crippen LogP contribution in [0.2, 0.25) is 0 Å². The maximum absolute atomic E-state index is 6.37. The molecule has 0 bridgehead atoms. The third kappa shape index (κ3) is 3.49. The molecule has 0 radical (unpaired) electrons. The molecule has 21 heavy (non-hydrogen) atoms. The molecule has 4 unspecified atom stereocenters. The van der Waals surface area contributed by atoms with E-state index in [1.807, 2.05) is 0 Å². The second-order valence-electron chi connectivity index (χ2n) is 6.82. The van der Waals surface area contributed by atoms with Crippen LogP contribution in [0.4, 0.5) is 0 Å². The largest absolute Gasteiger partial charge is 0.376 e. The molecule has 116 valence electrons. The van der Waals surface area contributed by atoms with E-state index in [1.165, 1.54) is 37.7 Å². The summed E-state index contributed by atoms with van der Waals surface area (Å²) in [4.78, 5) is 0. The summed E-state index contributed by atoms with van der Waals surface area (Å²) < 4.78 is 6.37. The van der Waals surface area contributed by atoms with Crippen molar-refractivity contribution in [1.29, 1.82) is 0 Å². The number of nitrogens with one attached hydrogen (secondary N) is 1. The van der Waals surface area contributed by atoms with Gasteiger partial charge in [-0.3, -0.25) is 0 Å². The van der Waals surface area contributed by atoms with Gasteiger partial charge in [0.1, 0.15) is 0 Å². The molecule has 4 atom stereocenters. The van der Waals surface area contributed by atoms with E-state index in [2.05, 4.69) is 43.4 Å². The van der Waals surface area contributed by atoms with Gasteiger partial charge in [-0.2, -0.15) is 0 Å². The molecule has 0 amide bonds. The molecule has 2 heteroatoms. The fourth-order valence-corrected chi connectivity index (χ4v) is 4.02. The Labute approximate surface area is 129 Å². The number of hydrogen-bond donors (Lipinski definition) is 1. The summed E-state index contributed by atoms with van der Waals surface area (Å²) in [7, 11) is 0. The van der Waals surface area contributed by atoms with Crippen molar-refractivity contribution in [2.75, 3.05) is 6.61 Å². The lowest BCUT2D eigenvalue weighted by molar-refractivity contribution is -0.00888. The van der Waals surface area contributed by atoms with Gasteiger partial charge in [-0.15, -0.1) is 0 Å². The van der Waals surface area contributed by atoms with E-state index in [-0.39, 0.29) is 0 Å². The molecule has 2 nitrogen and oxygen atoms in total. The Morgan fingerprint density at radius 2 is 2.05 bits per heavy atom. The molecule has 0 aromatic heterocycles. The van der Waals surface area contributed by atoms with Gasteiger partial charge in [-0.05, 0) is 56.6 Å². The Kier molecular flexibility index (Phi) is 4.97. The summed E-state index contributed by atoms with van der Waals surface area (Å²) in [6.07, 6.45) is 7.85. The number of benzene rings is 1. The van der Waals surface area contributed by atoms with Gasteiger partial charge in [-0.1, -0.05) is 31.2 Å². The number of piperidine rings is 1. The predicted octanol–water partition coefficient (Wildman–Crippen LogP) is 4.04. The SMILES string of the molecule is CCC1NC(C)CCC1OCC1CCCc2ccccc21. The van der Waals surface area contributed by atoms with Crippen LogP contribution in [0.15, 0.2) is 24.3 Å². The number of rotatable bonds is 4. The van der Waals surface area contributed by atoms with Crippen LogP contribution in [0.3, 0.4) is 0 Å². The molecule has 1 saturated heterocycles. The van der Waals surface area contributed by atoms with Crippen LogP contribution < -0.4 is 5.32 Å². The molecule has 3 rings (SSSR count). The van der Waals surface area contributed by atoms with Gasteiger partial charge < -0.3 is 10.1 Å². The molecule has 1 heterocycles. The van der Waals surface area contributed by atoms with Gasteiger partial charge in [-0.25, -0.2) is 0 Å². The van der Waals surface area contributed by atoms with Crippen LogP contribution in [0.5, 0.6) is 0 Å². The highest BCUT2D eigenvalue weighted by Gasteiger charge is 2.29. The van der Waals surface area contributed by atoms with E-state index in [0.29, 0.717) is 24.1 Å². The lowest BCUT2D eigenvalue weighted by Crippen LogP contribution is -2.50. The van der Waals surface area contributed by atoms with Gasteiger partial charge in [0.2, 0.25) is 0 Å². The molecular formula is C19H29NO. The van der Waals surface area contributed by atoms with Gasteiger partial charge in [0.25, 0.3) is 0 Å². The summed E-state index contributed by atoms with van der Waals surface area (Å²) in [5, 5.41) is 3.70. The van der Waals surface area contributed by atoms with Crippen LogP contribution in [0.25, 0.3) is 0 Å². The van der Waals surface area contributed by atoms with Crippen LogP contribution in [-0.4, -0.2) is 24.8 Å². The Balaban J connectivity index is 1.60. The fraction of sp³-hybridized carbons (Fsp3) is 0.684. The van der Waals surface area contributed by atoms with Crippen molar-refractivity contribution in [1.82, 2.24) is 5.32 Å². The zero-order valence-corrected chi connectivity index (χ0v) is 13.5. The van der Waals surface area contributed by atoms with Crippen molar-refractivity contribution in [3.8, 4) is 0 Å². The highest BCUT2D eigenvalue weighted by molar-refractivity contribution is 5.32. The molecule has 2 aliphatic rings. The van der Waals surface area contributed by atoms with E-state index >= 15 is 0 Å². The number of hydrogen-bond acceptors (Lipinski definition) is 2. The average molecular weight is 287 g/mol. The summed E-state index contributed by atoms with van der Waals surface area (Å²) in [6.45, 7) is 5.45. The highest BCUT2D eigenvalue weighted by Crippen LogP contribution is 2.32. The lowest BCUT2D eigenvalue weighted by atomic mass is 9.83. The number of aryl methyl sites for hydroxylation is 1. The predicted molar refractivity (Wildman–Crippen MR) is 87.8 cm³/mol. The molecular weight excluding hydrogens is 258 g/mol. The summed E-state index contributed by atoms with van der Waals surface area (Å²) >= 11 is 0. The van der Waals surface area contributed by atoms with Crippen molar-refractivity contribution in [3.63, 3.8) is 0 Å². The van der Waals surface area contributed by atoms with Crippen LogP contribution in [0, 0.1) is 0 Å². The molecule has 1 fully saturated rings. The second kappa shape index (κ2) is 6.93. The Morgan fingerprint density at radius 3 is 2.90 bits per heavy atom. The van der Waals surface area contributed by atoms with Gasteiger partial charge >= 0.3 is 0 Å². The summed E-state index contributed by atoms with van der Waals surface area (Å²) in [5.74, 6) is 0.604. The molecule has 0 saturated carbocycles. The normalized spacial score (nSPS) is 32.7. The first-order valence-corrected chi connectivity index (χ1v) is 8.73. The monoisotopic (exact) mass is 287 g/mol. The van der Waals surface area contributed by atoms with Gasteiger partial charge in [0, 0.05) is 18.0 Å². The Morgan fingerprint density at radius 1 is 1.19 bits per heavy atom. The van der Waals surface area contributed by atoms with Crippen molar-refractivity contribution in [2.24, 2.45) is 0 Å². The Bertz CT molecular complexity index is 459. The minimum absolute atomic E-state index is 0.403. The zero-order chi connectivity index (χ0) is 14.7. The topological polar surface area (TPSA) is 21.3 Å². The molecule has 1 aromatic rings. The van der Waals surface area contributed by atoms with Crippen molar-refractivity contribution in [3.05, 3.63) is 35.4 Å². The summed E-state index contributed by atoms with van der Waals surface area (Å²) in [6, 6.07) is 10.1. The van der Waals surface area contributed by atoms with E-state index in [4.69, 9.17) is 4.74 Å². The number of ether oxygens (including phenoxy) is 1. The van der Waals surface area contributed by atoms with Crippen LogP contribution in [0.1, 0.15) is 63.0 Å². The third-order valence-electron chi connectivity index (χ3n) is 5.28. The minimum Gasteiger partial charge on any atom is -0.376 e. The van der Waals surface area contributed by atoms with Gasteiger partial charge in [0.05, 0.1) is 12.7 Å².